The lowest BCUT2D eigenvalue weighted by Gasteiger charge is -2.29. The fourth-order valence-corrected chi connectivity index (χ4v) is 3.30. The van der Waals surface area contributed by atoms with Crippen molar-refractivity contribution in [2.45, 2.75) is 25.6 Å². The lowest BCUT2D eigenvalue weighted by molar-refractivity contribution is -0.134. The van der Waals surface area contributed by atoms with E-state index in [2.05, 4.69) is 4.98 Å². The monoisotopic (exact) mass is 343 g/mol. The molecule has 1 saturated heterocycles. The third-order valence-corrected chi connectivity index (χ3v) is 4.53. The Morgan fingerprint density at radius 2 is 1.96 bits per heavy atom. The molecule has 6 heteroatoms. The molecule has 1 fully saturated rings. The molecule has 2 atom stereocenters. The second kappa shape index (κ2) is 6.61. The van der Waals surface area contributed by atoms with Gasteiger partial charge in [0.2, 0.25) is 11.8 Å². The molecule has 2 unspecified atom stereocenters. The van der Waals surface area contributed by atoms with E-state index in [0.29, 0.717) is 11.4 Å². The van der Waals surface area contributed by atoms with Crippen LogP contribution < -0.4 is 0 Å². The van der Waals surface area contributed by atoms with Gasteiger partial charge < -0.3 is 9.80 Å². The van der Waals surface area contributed by atoms with E-state index in [4.69, 9.17) is 11.6 Å². The smallest absolute Gasteiger partial charge is 0.247 e. The van der Waals surface area contributed by atoms with Gasteiger partial charge in [0.15, 0.2) is 0 Å². The quantitative estimate of drug-likeness (QED) is 0.861. The first-order valence-corrected chi connectivity index (χ1v) is 8.07. The minimum absolute atomic E-state index is 0.0750. The lowest BCUT2D eigenvalue weighted by atomic mass is 10.1. The maximum Gasteiger partial charge on any atom is 0.247 e. The van der Waals surface area contributed by atoms with E-state index < -0.39 is 12.2 Å². The van der Waals surface area contributed by atoms with Gasteiger partial charge in [0.25, 0.3) is 0 Å². The Kier molecular flexibility index (Phi) is 4.53. The number of likely N-dealkylation sites (N-methyl/N-ethyl adjacent to an activating group) is 1. The number of rotatable bonds is 3. The summed E-state index contributed by atoms with van der Waals surface area (Å²) in [5.41, 5.74) is 1.78. The maximum absolute atomic E-state index is 12.8. The van der Waals surface area contributed by atoms with Crippen LogP contribution in [0.5, 0.6) is 0 Å². The van der Waals surface area contributed by atoms with Crippen molar-refractivity contribution in [3.8, 4) is 0 Å². The van der Waals surface area contributed by atoms with E-state index in [0.717, 1.165) is 11.1 Å². The fraction of sp³-hybridized carbons (Fsp3) is 0.278. The van der Waals surface area contributed by atoms with Crippen LogP contribution in [-0.2, 0) is 16.0 Å². The normalized spacial score (nSPS) is 20.5. The van der Waals surface area contributed by atoms with Gasteiger partial charge in [0, 0.05) is 37.8 Å². The zero-order valence-electron chi connectivity index (χ0n) is 13.5. The van der Waals surface area contributed by atoms with Crippen molar-refractivity contribution in [1.29, 1.82) is 0 Å². The predicted molar refractivity (Wildman–Crippen MR) is 91.2 cm³/mol. The van der Waals surface area contributed by atoms with Crippen molar-refractivity contribution in [2.75, 3.05) is 7.05 Å². The second-order valence-corrected chi connectivity index (χ2v) is 6.32. The van der Waals surface area contributed by atoms with Crippen LogP contribution in [0.2, 0.25) is 5.02 Å². The number of nitrogens with zero attached hydrogens (tertiary/aromatic N) is 3. The van der Waals surface area contributed by atoms with Gasteiger partial charge in [-0.15, -0.1) is 0 Å². The minimum Gasteiger partial charge on any atom is -0.319 e. The molecule has 1 aromatic carbocycles. The highest BCUT2D eigenvalue weighted by molar-refractivity contribution is 6.30. The zero-order chi connectivity index (χ0) is 17.3. The molecule has 5 nitrogen and oxygen atoms in total. The number of halogens is 1. The molecular weight excluding hydrogens is 326 g/mol. The third-order valence-electron chi connectivity index (χ3n) is 4.28. The van der Waals surface area contributed by atoms with E-state index in [1.54, 1.807) is 41.4 Å². The van der Waals surface area contributed by atoms with Crippen molar-refractivity contribution >= 4 is 23.4 Å². The molecule has 3 rings (SSSR count). The van der Waals surface area contributed by atoms with Crippen LogP contribution in [-0.4, -0.2) is 39.7 Å². The Labute approximate surface area is 145 Å². The molecular formula is C18H18ClN3O2. The molecule has 0 saturated carbocycles. The van der Waals surface area contributed by atoms with Gasteiger partial charge in [-0.1, -0.05) is 29.8 Å². The number of carbonyl (C=O) groups excluding carboxylic acids is 2. The highest BCUT2D eigenvalue weighted by Crippen LogP contribution is 2.35. The van der Waals surface area contributed by atoms with Gasteiger partial charge in [-0.25, -0.2) is 0 Å². The first-order valence-electron chi connectivity index (χ1n) is 7.69. The van der Waals surface area contributed by atoms with Crippen LogP contribution in [0.25, 0.3) is 0 Å². The Balaban J connectivity index is 1.96. The van der Waals surface area contributed by atoms with E-state index in [1.165, 1.54) is 6.92 Å². The summed E-state index contributed by atoms with van der Waals surface area (Å²) < 4.78 is 0. The van der Waals surface area contributed by atoms with Gasteiger partial charge in [-0.3, -0.25) is 14.6 Å². The predicted octanol–water partition coefficient (Wildman–Crippen LogP) is 2.67. The second-order valence-electron chi connectivity index (χ2n) is 5.88. The lowest BCUT2D eigenvalue weighted by Crippen LogP contribution is -2.39. The maximum atomic E-state index is 12.8. The molecule has 0 aliphatic carbocycles. The Morgan fingerprint density at radius 1 is 1.25 bits per heavy atom. The Hall–Kier alpha value is -2.40. The first kappa shape index (κ1) is 16.5. The standard InChI is InChI=1S/C18H18ClN3O2/c1-12(23)22-16(10-13-4-3-9-20-11-13)18(24)21(2)17(22)14-5-7-15(19)8-6-14/h3-9,11,16-17H,10H2,1-2H3. The number of aromatic nitrogens is 1. The van der Waals surface area contributed by atoms with Crippen molar-refractivity contribution in [3.05, 3.63) is 64.9 Å². The summed E-state index contributed by atoms with van der Waals surface area (Å²) in [5, 5.41) is 0.618. The number of pyridine rings is 1. The number of hydrogen-bond acceptors (Lipinski definition) is 3. The summed E-state index contributed by atoms with van der Waals surface area (Å²) in [5.74, 6) is -0.212. The average molecular weight is 344 g/mol. The molecule has 1 aromatic heterocycles. The van der Waals surface area contributed by atoms with E-state index in [9.17, 15) is 9.59 Å². The molecule has 24 heavy (non-hydrogen) atoms. The molecule has 0 spiro atoms. The number of carbonyl (C=O) groups is 2. The fourth-order valence-electron chi connectivity index (χ4n) is 3.17. The van der Waals surface area contributed by atoms with Crippen LogP contribution in [0, 0.1) is 0 Å². The van der Waals surface area contributed by atoms with Crippen LogP contribution in [0.15, 0.2) is 48.8 Å². The van der Waals surface area contributed by atoms with Crippen LogP contribution >= 0.6 is 11.6 Å². The SMILES string of the molecule is CC(=O)N1C(Cc2cccnc2)C(=O)N(C)C1c1ccc(Cl)cc1. The van der Waals surface area contributed by atoms with Gasteiger partial charge in [0.1, 0.15) is 12.2 Å². The molecule has 2 amide bonds. The van der Waals surface area contributed by atoms with Crippen molar-refractivity contribution in [3.63, 3.8) is 0 Å². The molecule has 1 aliphatic heterocycles. The third kappa shape index (κ3) is 2.99. The van der Waals surface area contributed by atoms with Crippen LogP contribution in [0.4, 0.5) is 0 Å². The first-order chi connectivity index (χ1) is 11.5. The topological polar surface area (TPSA) is 53.5 Å². The van der Waals surface area contributed by atoms with Gasteiger partial charge in [-0.2, -0.15) is 0 Å². The zero-order valence-corrected chi connectivity index (χ0v) is 14.3. The summed E-state index contributed by atoms with van der Waals surface area (Å²) in [6.45, 7) is 1.49. The highest BCUT2D eigenvalue weighted by Gasteiger charge is 2.46. The largest absolute Gasteiger partial charge is 0.319 e. The van der Waals surface area contributed by atoms with Gasteiger partial charge in [-0.05, 0) is 29.3 Å². The Morgan fingerprint density at radius 3 is 2.54 bits per heavy atom. The van der Waals surface area contributed by atoms with E-state index in [1.807, 2.05) is 24.3 Å². The number of amides is 2. The molecule has 1 aliphatic rings. The number of benzene rings is 1. The van der Waals surface area contributed by atoms with E-state index in [-0.39, 0.29) is 11.8 Å². The van der Waals surface area contributed by atoms with Gasteiger partial charge in [0.05, 0.1) is 0 Å². The molecule has 124 valence electrons. The summed E-state index contributed by atoms with van der Waals surface area (Å²) in [4.78, 5) is 32.4. The molecule has 0 bridgehead atoms. The summed E-state index contributed by atoms with van der Waals surface area (Å²) in [6.07, 6.45) is 3.43. The molecule has 0 N–H and O–H groups in total. The summed E-state index contributed by atoms with van der Waals surface area (Å²) >= 11 is 5.95. The molecule has 2 aromatic rings. The molecule has 2 heterocycles. The average Bonchev–Trinajstić information content (AvgIpc) is 2.82. The number of hydrogen-bond donors (Lipinski definition) is 0. The van der Waals surface area contributed by atoms with Crippen LogP contribution in [0.1, 0.15) is 24.2 Å². The van der Waals surface area contributed by atoms with E-state index >= 15 is 0 Å². The van der Waals surface area contributed by atoms with Crippen molar-refractivity contribution < 1.29 is 9.59 Å². The highest BCUT2D eigenvalue weighted by atomic mass is 35.5. The minimum atomic E-state index is -0.530. The van der Waals surface area contributed by atoms with Crippen LogP contribution in [0.3, 0.4) is 0 Å². The van der Waals surface area contributed by atoms with Gasteiger partial charge >= 0.3 is 0 Å². The Bertz CT molecular complexity index is 749. The summed E-state index contributed by atoms with van der Waals surface area (Å²) in [7, 11) is 1.72. The van der Waals surface area contributed by atoms with Crippen molar-refractivity contribution in [2.24, 2.45) is 0 Å². The van der Waals surface area contributed by atoms with Crippen molar-refractivity contribution in [1.82, 2.24) is 14.8 Å². The molecule has 0 radical (unpaired) electrons. The summed E-state index contributed by atoms with van der Waals surface area (Å²) in [6, 6.07) is 10.4.